The lowest BCUT2D eigenvalue weighted by Crippen LogP contribution is -2.28. The van der Waals surface area contributed by atoms with Crippen LogP contribution in [0.5, 0.6) is 0 Å². The van der Waals surface area contributed by atoms with Gasteiger partial charge in [0.05, 0.1) is 11.0 Å². The molecule has 0 radical (unpaired) electrons. The Kier molecular flexibility index (Phi) is 6.33. The minimum atomic E-state index is -0.303. The van der Waals surface area contributed by atoms with Gasteiger partial charge in [-0.05, 0) is 44.2 Å². The van der Waals surface area contributed by atoms with Gasteiger partial charge in [0.1, 0.15) is 0 Å². The molecule has 0 bridgehead atoms. The van der Waals surface area contributed by atoms with Gasteiger partial charge >= 0.3 is 11.7 Å². The first kappa shape index (κ1) is 20.2. The molecule has 0 unspecified atom stereocenters. The van der Waals surface area contributed by atoms with Crippen LogP contribution in [0.1, 0.15) is 20.3 Å². The summed E-state index contributed by atoms with van der Waals surface area (Å²) < 4.78 is 3.33. The highest BCUT2D eigenvalue weighted by atomic mass is 16.2. The summed E-state index contributed by atoms with van der Waals surface area (Å²) in [6, 6.07) is 14.2. The fourth-order valence-corrected chi connectivity index (χ4v) is 3.24. The van der Waals surface area contributed by atoms with Crippen LogP contribution in [-0.2, 0) is 17.9 Å². The van der Waals surface area contributed by atoms with E-state index in [1.165, 1.54) is 0 Å². The van der Waals surface area contributed by atoms with Crippen molar-refractivity contribution in [2.75, 3.05) is 17.2 Å². The van der Waals surface area contributed by atoms with Crippen LogP contribution in [0.3, 0.4) is 0 Å². The summed E-state index contributed by atoms with van der Waals surface area (Å²) in [5.74, 6) is -0.208. The molecule has 1 aromatic heterocycles. The van der Waals surface area contributed by atoms with E-state index < -0.39 is 0 Å². The number of benzene rings is 2. The normalized spacial score (nSPS) is 10.7. The van der Waals surface area contributed by atoms with Crippen LogP contribution in [0.25, 0.3) is 11.0 Å². The summed E-state index contributed by atoms with van der Waals surface area (Å²) in [7, 11) is 0. The third-order valence-electron chi connectivity index (χ3n) is 4.55. The smallest absolute Gasteiger partial charge is 0.329 e. The number of carbonyl (C=O) groups is 2. The van der Waals surface area contributed by atoms with Crippen molar-refractivity contribution in [1.82, 2.24) is 14.5 Å². The molecule has 0 fully saturated rings. The van der Waals surface area contributed by atoms with Crippen molar-refractivity contribution >= 4 is 34.3 Å². The second kappa shape index (κ2) is 9.09. The fraction of sp³-hybridized carbons (Fsp3) is 0.286. The summed E-state index contributed by atoms with van der Waals surface area (Å²) in [6.07, 6.45) is 0.158. The molecule has 3 N–H and O–H groups in total. The second-order valence-corrected chi connectivity index (χ2v) is 6.53. The first-order valence-corrected chi connectivity index (χ1v) is 9.66. The Balaban J connectivity index is 1.67. The van der Waals surface area contributed by atoms with Gasteiger partial charge in [-0.25, -0.2) is 9.59 Å². The highest BCUT2D eigenvalue weighted by Crippen LogP contribution is 2.16. The number of rotatable bonds is 7. The number of amides is 3. The van der Waals surface area contributed by atoms with Crippen molar-refractivity contribution < 1.29 is 9.59 Å². The van der Waals surface area contributed by atoms with Gasteiger partial charge in [0, 0.05) is 37.4 Å². The Hall–Kier alpha value is -3.55. The number of anilines is 2. The SMILES string of the molecule is CCNC(=O)Nc1cccc(NC(=O)CCn2c(=O)n(CC)c3ccccc32)c1. The predicted octanol–water partition coefficient (Wildman–Crippen LogP) is 2.99. The zero-order valence-electron chi connectivity index (χ0n) is 16.6. The van der Waals surface area contributed by atoms with E-state index in [0.29, 0.717) is 24.5 Å². The molecule has 0 aliphatic rings. The van der Waals surface area contributed by atoms with Crippen LogP contribution >= 0.6 is 0 Å². The quantitative estimate of drug-likeness (QED) is 0.574. The van der Waals surface area contributed by atoms with Crippen LogP contribution in [0.4, 0.5) is 16.2 Å². The van der Waals surface area contributed by atoms with Crippen molar-refractivity contribution in [1.29, 1.82) is 0 Å². The first-order valence-electron chi connectivity index (χ1n) is 9.66. The molecule has 8 heteroatoms. The average Bonchev–Trinajstić information content (AvgIpc) is 2.97. The summed E-state index contributed by atoms with van der Waals surface area (Å²) in [5.41, 5.74) is 2.73. The van der Waals surface area contributed by atoms with Gasteiger partial charge < -0.3 is 16.0 Å². The molecular formula is C21H25N5O3. The van der Waals surface area contributed by atoms with Crippen LogP contribution in [0.2, 0.25) is 0 Å². The van der Waals surface area contributed by atoms with Crippen molar-refractivity contribution in [2.45, 2.75) is 33.4 Å². The van der Waals surface area contributed by atoms with Crippen molar-refractivity contribution in [2.24, 2.45) is 0 Å². The van der Waals surface area contributed by atoms with Crippen LogP contribution in [-0.4, -0.2) is 27.6 Å². The summed E-state index contributed by atoms with van der Waals surface area (Å²) in [5, 5.41) is 8.16. The molecule has 0 aliphatic heterocycles. The van der Waals surface area contributed by atoms with Crippen LogP contribution < -0.4 is 21.6 Å². The largest absolute Gasteiger partial charge is 0.338 e. The average molecular weight is 395 g/mol. The van der Waals surface area contributed by atoms with E-state index in [0.717, 1.165) is 11.0 Å². The molecule has 3 amide bonds. The number of fused-ring (bicyclic) bond motifs is 1. The number of nitrogens with zero attached hydrogens (tertiary/aromatic N) is 2. The van der Waals surface area contributed by atoms with Gasteiger partial charge in [-0.15, -0.1) is 0 Å². The lowest BCUT2D eigenvalue weighted by atomic mass is 10.2. The van der Waals surface area contributed by atoms with E-state index in [9.17, 15) is 14.4 Å². The van der Waals surface area contributed by atoms with Gasteiger partial charge in [0.2, 0.25) is 5.91 Å². The van der Waals surface area contributed by atoms with Gasteiger partial charge in [-0.2, -0.15) is 0 Å². The van der Waals surface area contributed by atoms with E-state index in [2.05, 4.69) is 16.0 Å². The number of imidazole rings is 1. The van der Waals surface area contributed by atoms with E-state index >= 15 is 0 Å². The zero-order valence-corrected chi connectivity index (χ0v) is 16.6. The van der Waals surface area contributed by atoms with Crippen molar-refractivity contribution in [3.63, 3.8) is 0 Å². The Morgan fingerprint density at radius 3 is 2.21 bits per heavy atom. The lowest BCUT2D eigenvalue weighted by molar-refractivity contribution is -0.116. The number of carbonyl (C=O) groups excluding carboxylic acids is 2. The fourth-order valence-electron chi connectivity index (χ4n) is 3.24. The maximum atomic E-state index is 12.6. The standard InChI is InChI=1S/C21H25N5O3/c1-3-22-20(28)24-16-9-7-8-15(14-16)23-19(27)12-13-26-18-11-6-5-10-17(18)25(4-2)21(26)29/h5-11,14H,3-4,12-13H2,1-2H3,(H,23,27)(H2,22,24,28). The number of nitrogens with one attached hydrogen (secondary N) is 3. The molecule has 0 saturated carbocycles. The predicted molar refractivity (Wildman–Crippen MR) is 114 cm³/mol. The number of para-hydroxylation sites is 2. The van der Waals surface area contributed by atoms with Crippen LogP contribution in [0.15, 0.2) is 53.3 Å². The third kappa shape index (κ3) is 4.66. The maximum absolute atomic E-state index is 12.6. The first-order chi connectivity index (χ1) is 14.0. The molecule has 3 aromatic rings. The molecule has 0 atom stereocenters. The molecule has 152 valence electrons. The molecule has 0 saturated heterocycles. The topological polar surface area (TPSA) is 97.2 Å². The number of aryl methyl sites for hydroxylation is 2. The van der Waals surface area contributed by atoms with Gasteiger partial charge in [0.15, 0.2) is 0 Å². The Morgan fingerprint density at radius 2 is 1.55 bits per heavy atom. The molecule has 3 rings (SSSR count). The Morgan fingerprint density at radius 1 is 0.897 bits per heavy atom. The van der Waals surface area contributed by atoms with Gasteiger partial charge in [-0.1, -0.05) is 18.2 Å². The molecule has 8 nitrogen and oxygen atoms in total. The van der Waals surface area contributed by atoms with Crippen LogP contribution in [0, 0.1) is 0 Å². The summed E-state index contributed by atoms with van der Waals surface area (Å²) in [6.45, 7) is 5.14. The van der Waals surface area contributed by atoms with Crippen molar-refractivity contribution in [3.05, 3.63) is 59.0 Å². The van der Waals surface area contributed by atoms with Gasteiger partial charge in [-0.3, -0.25) is 13.9 Å². The molecule has 0 aliphatic carbocycles. The maximum Gasteiger partial charge on any atom is 0.329 e. The number of hydrogen-bond acceptors (Lipinski definition) is 3. The number of hydrogen-bond donors (Lipinski definition) is 3. The molecule has 0 spiro atoms. The van der Waals surface area contributed by atoms with E-state index in [-0.39, 0.29) is 30.6 Å². The highest BCUT2D eigenvalue weighted by Gasteiger charge is 2.13. The minimum Gasteiger partial charge on any atom is -0.338 e. The number of aromatic nitrogens is 2. The summed E-state index contributed by atoms with van der Waals surface area (Å²) >= 11 is 0. The second-order valence-electron chi connectivity index (χ2n) is 6.53. The van der Waals surface area contributed by atoms with Gasteiger partial charge in [0.25, 0.3) is 0 Å². The minimum absolute atomic E-state index is 0.116. The lowest BCUT2D eigenvalue weighted by Gasteiger charge is -2.09. The van der Waals surface area contributed by atoms with E-state index in [4.69, 9.17) is 0 Å². The van der Waals surface area contributed by atoms with E-state index in [1.54, 1.807) is 33.4 Å². The molecular weight excluding hydrogens is 370 g/mol. The zero-order chi connectivity index (χ0) is 20.8. The third-order valence-corrected chi connectivity index (χ3v) is 4.55. The molecule has 1 heterocycles. The van der Waals surface area contributed by atoms with E-state index in [1.807, 2.05) is 38.1 Å². The molecule has 2 aromatic carbocycles. The molecule has 29 heavy (non-hydrogen) atoms. The Bertz CT molecular complexity index is 1080. The van der Waals surface area contributed by atoms with Crippen molar-refractivity contribution in [3.8, 4) is 0 Å². The number of urea groups is 1. The Labute approximate surface area is 168 Å². The monoisotopic (exact) mass is 395 g/mol. The highest BCUT2D eigenvalue weighted by molar-refractivity contribution is 5.93. The summed E-state index contributed by atoms with van der Waals surface area (Å²) in [4.78, 5) is 36.7.